The molecule has 0 aliphatic carbocycles. The van der Waals surface area contributed by atoms with Crippen LogP contribution in [0.2, 0.25) is 0 Å². The van der Waals surface area contributed by atoms with Crippen molar-refractivity contribution in [2.45, 2.75) is 43.5 Å². The Morgan fingerprint density at radius 3 is 2.96 bits per heavy atom. The number of nitrogens with zero attached hydrogens (tertiary/aromatic N) is 2. The minimum Gasteiger partial charge on any atom is -0.376 e. The van der Waals surface area contributed by atoms with Gasteiger partial charge in [-0.3, -0.25) is 9.36 Å². The molecule has 0 radical (unpaired) electrons. The fourth-order valence-electron chi connectivity index (χ4n) is 2.73. The highest BCUT2D eigenvalue weighted by molar-refractivity contribution is 7.99. The van der Waals surface area contributed by atoms with E-state index in [0.29, 0.717) is 18.1 Å². The van der Waals surface area contributed by atoms with Gasteiger partial charge in [-0.1, -0.05) is 42.1 Å². The van der Waals surface area contributed by atoms with Crippen LogP contribution in [0.15, 0.2) is 40.3 Å². The second-order valence-electron chi connectivity index (χ2n) is 5.80. The first-order chi connectivity index (χ1) is 11.7. The Kier molecular flexibility index (Phi) is 5.87. The van der Waals surface area contributed by atoms with Gasteiger partial charge in [0.05, 0.1) is 12.6 Å². The maximum Gasteiger partial charge on any atom is 0.344 e. The summed E-state index contributed by atoms with van der Waals surface area (Å²) in [4.78, 5) is 23.9. The van der Waals surface area contributed by atoms with Crippen LogP contribution in [0.5, 0.6) is 0 Å². The second kappa shape index (κ2) is 8.30. The molecule has 1 aliphatic rings. The summed E-state index contributed by atoms with van der Waals surface area (Å²) in [7, 11) is 0. The fourth-order valence-corrected chi connectivity index (χ4v) is 3.63. The van der Waals surface area contributed by atoms with Gasteiger partial charge in [-0.25, -0.2) is 9.89 Å². The topological polar surface area (TPSA) is 77.0 Å². The molecule has 1 saturated heterocycles. The first-order valence-electron chi connectivity index (χ1n) is 8.22. The van der Waals surface area contributed by atoms with Crippen LogP contribution in [0.25, 0.3) is 0 Å². The smallest absolute Gasteiger partial charge is 0.344 e. The lowest BCUT2D eigenvalue weighted by molar-refractivity contribution is 0.0941. The minimum atomic E-state index is -0.201. The van der Waals surface area contributed by atoms with Crippen LogP contribution in [-0.2, 0) is 11.3 Å². The molecule has 1 aromatic carbocycles. The van der Waals surface area contributed by atoms with Gasteiger partial charge in [-0.15, -0.1) is 5.10 Å². The van der Waals surface area contributed by atoms with E-state index in [4.69, 9.17) is 4.74 Å². The van der Waals surface area contributed by atoms with E-state index in [1.165, 1.54) is 11.8 Å². The number of aromatic nitrogens is 3. The summed E-state index contributed by atoms with van der Waals surface area (Å²) in [6, 6.07) is 9.31. The third-order valence-electron chi connectivity index (χ3n) is 4.01. The molecule has 1 aromatic heterocycles. The van der Waals surface area contributed by atoms with Crippen LogP contribution in [0.3, 0.4) is 0 Å². The van der Waals surface area contributed by atoms with Crippen LogP contribution in [-0.4, -0.2) is 39.0 Å². The predicted octanol–water partition coefficient (Wildman–Crippen LogP) is 2.51. The van der Waals surface area contributed by atoms with E-state index in [-0.39, 0.29) is 17.6 Å². The number of benzene rings is 1. The Morgan fingerprint density at radius 1 is 1.38 bits per heavy atom. The number of ether oxygens (including phenoxy) is 1. The van der Waals surface area contributed by atoms with Gasteiger partial charge in [0.2, 0.25) is 0 Å². The standard InChI is InChI=1S/C17H21N3O3S/c21-15(13-6-2-1-3-7-13)9-5-11-24-17-19-18-16(22)20(17)12-14-8-4-10-23-14/h1-3,6-7,14H,4-5,8-12H2,(H,18,22). The lowest BCUT2D eigenvalue weighted by Crippen LogP contribution is -2.25. The molecule has 1 unspecified atom stereocenters. The van der Waals surface area contributed by atoms with E-state index >= 15 is 0 Å². The number of Topliss-reactive ketones (excluding diaryl/α,β-unsaturated/α-hetero) is 1. The molecule has 2 heterocycles. The number of carbonyl (C=O) groups is 1. The number of aromatic amines is 1. The van der Waals surface area contributed by atoms with Gasteiger partial charge in [0.1, 0.15) is 0 Å². The number of hydrogen-bond donors (Lipinski definition) is 1. The van der Waals surface area contributed by atoms with Crippen LogP contribution in [0.1, 0.15) is 36.0 Å². The summed E-state index contributed by atoms with van der Waals surface area (Å²) in [5, 5.41) is 7.25. The van der Waals surface area contributed by atoms with E-state index in [2.05, 4.69) is 10.2 Å². The molecule has 0 bridgehead atoms. The van der Waals surface area contributed by atoms with Crippen molar-refractivity contribution in [2.24, 2.45) is 0 Å². The van der Waals surface area contributed by atoms with Crippen molar-refractivity contribution in [3.63, 3.8) is 0 Å². The third kappa shape index (κ3) is 4.36. The van der Waals surface area contributed by atoms with Crippen molar-refractivity contribution in [3.8, 4) is 0 Å². The van der Waals surface area contributed by atoms with Crippen molar-refractivity contribution in [2.75, 3.05) is 12.4 Å². The number of nitrogens with one attached hydrogen (secondary N) is 1. The van der Waals surface area contributed by atoms with Crippen LogP contribution >= 0.6 is 11.8 Å². The van der Waals surface area contributed by atoms with Crippen molar-refractivity contribution in [3.05, 3.63) is 46.4 Å². The molecule has 1 atom stereocenters. The van der Waals surface area contributed by atoms with Crippen LogP contribution < -0.4 is 5.69 Å². The van der Waals surface area contributed by atoms with E-state index in [9.17, 15) is 9.59 Å². The number of H-pyrrole nitrogens is 1. The Hall–Kier alpha value is -1.86. The number of rotatable bonds is 8. The van der Waals surface area contributed by atoms with E-state index < -0.39 is 0 Å². The monoisotopic (exact) mass is 347 g/mol. The zero-order chi connectivity index (χ0) is 16.8. The summed E-state index contributed by atoms with van der Waals surface area (Å²) >= 11 is 1.50. The molecule has 128 valence electrons. The molecular weight excluding hydrogens is 326 g/mol. The highest BCUT2D eigenvalue weighted by Gasteiger charge is 2.19. The fraction of sp³-hybridized carbons (Fsp3) is 0.471. The lowest BCUT2D eigenvalue weighted by Gasteiger charge is -2.10. The predicted molar refractivity (Wildman–Crippen MR) is 92.6 cm³/mol. The largest absolute Gasteiger partial charge is 0.376 e. The molecule has 7 heteroatoms. The normalized spacial score (nSPS) is 17.2. The first kappa shape index (κ1) is 17.0. The maximum atomic E-state index is 12.1. The van der Waals surface area contributed by atoms with E-state index in [0.717, 1.165) is 37.2 Å². The second-order valence-corrected chi connectivity index (χ2v) is 6.86. The van der Waals surface area contributed by atoms with Crippen molar-refractivity contribution < 1.29 is 9.53 Å². The summed E-state index contributed by atoms with van der Waals surface area (Å²) in [6.07, 6.45) is 3.37. The van der Waals surface area contributed by atoms with Gasteiger partial charge in [-0.2, -0.15) is 0 Å². The van der Waals surface area contributed by atoms with Crippen LogP contribution in [0, 0.1) is 0 Å². The molecule has 1 fully saturated rings. The van der Waals surface area contributed by atoms with E-state index in [1.54, 1.807) is 4.57 Å². The van der Waals surface area contributed by atoms with Gasteiger partial charge < -0.3 is 4.74 Å². The molecule has 0 spiro atoms. The highest BCUT2D eigenvalue weighted by Crippen LogP contribution is 2.19. The Bertz CT molecular complexity index is 720. The zero-order valence-electron chi connectivity index (χ0n) is 13.4. The highest BCUT2D eigenvalue weighted by atomic mass is 32.2. The van der Waals surface area contributed by atoms with Gasteiger partial charge in [-0.05, 0) is 19.3 Å². The zero-order valence-corrected chi connectivity index (χ0v) is 14.3. The van der Waals surface area contributed by atoms with Crippen molar-refractivity contribution in [1.82, 2.24) is 14.8 Å². The van der Waals surface area contributed by atoms with Gasteiger partial charge >= 0.3 is 5.69 Å². The molecule has 6 nitrogen and oxygen atoms in total. The molecule has 24 heavy (non-hydrogen) atoms. The van der Waals surface area contributed by atoms with Crippen molar-refractivity contribution in [1.29, 1.82) is 0 Å². The maximum absolute atomic E-state index is 12.1. The third-order valence-corrected chi connectivity index (χ3v) is 5.07. The number of hydrogen-bond acceptors (Lipinski definition) is 5. The molecule has 1 aliphatic heterocycles. The average Bonchev–Trinajstić information content (AvgIpc) is 3.24. The van der Waals surface area contributed by atoms with Crippen molar-refractivity contribution >= 4 is 17.5 Å². The molecule has 1 N–H and O–H groups in total. The molecule has 0 saturated carbocycles. The molecule has 0 amide bonds. The number of carbonyl (C=O) groups excluding carboxylic acids is 1. The van der Waals surface area contributed by atoms with Gasteiger partial charge in [0.25, 0.3) is 0 Å². The summed E-state index contributed by atoms with van der Waals surface area (Å²) in [5.74, 6) is 0.893. The first-order valence-corrected chi connectivity index (χ1v) is 9.20. The summed E-state index contributed by atoms with van der Waals surface area (Å²) in [5.41, 5.74) is 0.547. The number of ketones is 1. The summed E-state index contributed by atoms with van der Waals surface area (Å²) < 4.78 is 7.23. The quantitative estimate of drug-likeness (QED) is 0.451. The minimum absolute atomic E-state index is 0.0966. The molecule has 3 rings (SSSR count). The number of thioether (sulfide) groups is 1. The Balaban J connectivity index is 1.48. The summed E-state index contributed by atoms with van der Waals surface area (Å²) in [6.45, 7) is 1.31. The SMILES string of the molecule is O=C(CCCSc1n[nH]c(=O)n1CC1CCCO1)c1ccccc1. The average molecular weight is 347 g/mol. The van der Waals surface area contributed by atoms with Gasteiger partial charge in [0, 0.05) is 24.3 Å². The van der Waals surface area contributed by atoms with Gasteiger partial charge in [0.15, 0.2) is 10.9 Å². The van der Waals surface area contributed by atoms with Crippen LogP contribution in [0.4, 0.5) is 0 Å². The molecule has 2 aromatic rings. The molecular formula is C17H21N3O3S. The Labute approximate surface area is 144 Å². The van der Waals surface area contributed by atoms with E-state index in [1.807, 2.05) is 30.3 Å². The lowest BCUT2D eigenvalue weighted by atomic mass is 10.1. The Morgan fingerprint density at radius 2 is 2.21 bits per heavy atom.